The van der Waals surface area contributed by atoms with Crippen molar-refractivity contribution in [3.8, 4) is 0 Å². The van der Waals surface area contributed by atoms with Crippen LogP contribution in [0.25, 0.3) is 0 Å². The summed E-state index contributed by atoms with van der Waals surface area (Å²) < 4.78 is 17.7. The quantitative estimate of drug-likeness (QED) is 0.486. The second-order valence-corrected chi connectivity index (χ2v) is 7.29. The van der Waals surface area contributed by atoms with E-state index in [-0.39, 0.29) is 6.04 Å². The SMILES string of the molecule is CCO[Si](CC(C)N(CCN)CCN)(OCC)OCC. The Morgan fingerprint density at radius 1 is 0.900 bits per heavy atom. The smallest absolute Gasteiger partial charge is 0.374 e. The van der Waals surface area contributed by atoms with Crippen molar-refractivity contribution >= 4 is 8.80 Å². The lowest BCUT2D eigenvalue weighted by atomic mass is 10.3. The first-order valence-corrected chi connectivity index (χ1v) is 9.58. The first-order valence-electron chi connectivity index (χ1n) is 7.65. The summed E-state index contributed by atoms with van der Waals surface area (Å²) in [6.45, 7) is 12.8. The molecule has 20 heavy (non-hydrogen) atoms. The summed E-state index contributed by atoms with van der Waals surface area (Å²) in [6, 6.07) is 1.04. The van der Waals surface area contributed by atoms with Crippen molar-refractivity contribution in [1.29, 1.82) is 0 Å². The molecular formula is C13H33N3O3Si. The fraction of sp³-hybridized carbons (Fsp3) is 1.00. The second kappa shape index (κ2) is 11.6. The first-order chi connectivity index (χ1) is 9.59. The summed E-state index contributed by atoms with van der Waals surface area (Å²) in [5.74, 6) is 0. The van der Waals surface area contributed by atoms with E-state index in [1.807, 2.05) is 20.8 Å². The van der Waals surface area contributed by atoms with E-state index in [0.717, 1.165) is 19.1 Å². The van der Waals surface area contributed by atoms with Gasteiger partial charge >= 0.3 is 8.80 Å². The third-order valence-corrected chi connectivity index (χ3v) is 6.37. The molecule has 0 radical (unpaired) electrons. The normalized spacial score (nSPS) is 13.9. The Bertz CT molecular complexity index is 212. The highest BCUT2D eigenvalue weighted by Gasteiger charge is 2.42. The van der Waals surface area contributed by atoms with E-state index < -0.39 is 8.80 Å². The van der Waals surface area contributed by atoms with Crippen LogP contribution in [-0.2, 0) is 13.3 Å². The molecule has 0 bridgehead atoms. The van der Waals surface area contributed by atoms with Crippen molar-refractivity contribution in [2.24, 2.45) is 11.5 Å². The largest absolute Gasteiger partial charge is 0.502 e. The zero-order chi connectivity index (χ0) is 15.4. The molecule has 0 aliphatic rings. The molecule has 0 saturated carbocycles. The number of hydrogen-bond donors (Lipinski definition) is 2. The number of nitrogens with two attached hydrogens (primary N) is 2. The van der Waals surface area contributed by atoms with Crippen LogP contribution in [0.2, 0.25) is 6.04 Å². The Hall–Kier alpha value is -0.0231. The third kappa shape index (κ3) is 7.12. The van der Waals surface area contributed by atoms with Gasteiger partial charge < -0.3 is 24.7 Å². The van der Waals surface area contributed by atoms with Crippen LogP contribution in [-0.4, -0.2) is 65.7 Å². The number of rotatable bonds is 13. The first kappa shape index (κ1) is 20.0. The molecule has 7 heteroatoms. The molecule has 0 heterocycles. The highest BCUT2D eigenvalue weighted by molar-refractivity contribution is 6.60. The van der Waals surface area contributed by atoms with E-state index >= 15 is 0 Å². The lowest BCUT2D eigenvalue weighted by molar-refractivity contribution is 0.0627. The molecule has 1 unspecified atom stereocenters. The fourth-order valence-corrected chi connectivity index (χ4v) is 5.24. The van der Waals surface area contributed by atoms with Crippen molar-refractivity contribution in [3.63, 3.8) is 0 Å². The van der Waals surface area contributed by atoms with Crippen molar-refractivity contribution in [1.82, 2.24) is 4.90 Å². The Kier molecular flexibility index (Phi) is 11.6. The van der Waals surface area contributed by atoms with Gasteiger partial charge in [0.15, 0.2) is 0 Å². The lowest BCUT2D eigenvalue weighted by Crippen LogP contribution is -2.52. The molecule has 4 N–H and O–H groups in total. The van der Waals surface area contributed by atoms with E-state index in [1.54, 1.807) is 0 Å². The predicted octanol–water partition coefficient (Wildman–Crippen LogP) is 0.643. The molecule has 0 aliphatic carbocycles. The Labute approximate surface area is 125 Å². The van der Waals surface area contributed by atoms with Crippen LogP contribution >= 0.6 is 0 Å². The summed E-state index contributed by atoms with van der Waals surface area (Å²) in [7, 11) is -2.60. The van der Waals surface area contributed by atoms with Crippen LogP contribution in [0.15, 0.2) is 0 Å². The average molecular weight is 308 g/mol. The summed E-state index contributed by atoms with van der Waals surface area (Å²) in [6.07, 6.45) is 0. The van der Waals surface area contributed by atoms with E-state index in [2.05, 4.69) is 11.8 Å². The van der Waals surface area contributed by atoms with Crippen LogP contribution in [0.4, 0.5) is 0 Å². The molecule has 0 saturated heterocycles. The van der Waals surface area contributed by atoms with Gasteiger partial charge in [-0.25, -0.2) is 0 Å². The molecule has 122 valence electrons. The Morgan fingerprint density at radius 3 is 1.60 bits per heavy atom. The van der Waals surface area contributed by atoms with Crippen LogP contribution in [0.1, 0.15) is 27.7 Å². The molecule has 0 spiro atoms. The minimum absolute atomic E-state index is 0.276. The van der Waals surface area contributed by atoms with Crippen molar-refractivity contribution in [2.75, 3.05) is 46.0 Å². The maximum atomic E-state index is 5.89. The number of hydrogen-bond acceptors (Lipinski definition) is 6. The molecule has 0 fully saturated rings. The number of nitrogens with zero attached hydrogens (tertiary/aromatic N) is 1. The van der Waals surface area contributed by atoms with E-state index in [9.17, 15) is 0 Å². The van der Waals surface area contributed by atoms with Crippen molar-refractivity contribution in [3.05, 3.63) is 0 Å². The minimum atomic E-state index is -2.60. The molecule has 0 rings (SSSR count). The molecule has 0 aliphatic heterocycles. The molecular weight excluding hydrogens is 274 g/mol. The standard InChI is InChI=1S/C13H33N3O3Si/c1-5-17-20(18-6-2,19-7-3)12-13(4)16(10-8-14)11-9-15/h13H,5-12,14-15H2,1-4H3. The fourth-order valence-electron chi connectivity index (χ4n) is 2.34. The van der Waals surface area contributed by atoms with Gasteiger partial charge in [0.1, 0.15) is 0 Å². The van der Waals surface area contributed by atoms with Crippen molar-refractivity contribution in [2.45, 2.75) is 39.8 Å². The van der Waals surface area contributed by atoms with Gasteiger partial charge in [0.25, 0.3) is 0 Å². The molecule has 0 aromatic carbocycles. The van der Waals surface area contributed by atoms with Crippen LogP contribution in [0, 0.1) is 0 Å². The monoisotopic (exact) mass is 307 g/mol. The highest BCUT2D eigenvalue weighted by Crippen LogP contribution is 2.21. The predicted molar refractivity (Wildman–Crippen MR) is 84.6 cm³/mol. The average Bonchev–Trinajstić information content (AvgIpc) is 2.39. The second-order valence-electron chi connectivity index (χ2n) is 4.65. The molecule has 0 aromatic heterocycles. The van der Waals surface area contributed by atoms with Gasteiger partial charge in [-0.1, -0.05) is 0 Å². The molecule has 6 nitrogen and oxygen atoms in total. The van der Waals surface area contributed by atoms with Gasteiger partial charge in [-0.05, 0) is 27.7 Å². The summed E-state index contributed by atoms with van der Waals surface area (Å²) in [5, 5.41) is 0. The van der Waals surface area contributed by atoms with Gasteiger partial charge in [0.2, 0.25) is 0 Å². The van der Waals surface area contributed by atoms with Crippen LogP contribution < -0.4 is 11.5 Å². The molecule has 1 atom stereocenters. The Morgan fingerprint density at radius 2 is 1.30 bits per heavy atom. The van der Waals surface area contributed by atoms with Gasteiger partial charge in [-0.2, -0.15) is 0 Å². The zero-order valence-electron chi connectivity index (χ0n) is 13.6. The summed E-state index contributed by atoms with van der Waals surface area (Å²) >= 11 is 0. The van der Waals surface area contributed by atoms with Crippen molar-refractivity contribution < 1.29 is 13.3 Å². The van der Waals surface area contributed by atoms with Gasteiger partial charge in [-0.15, -0.1) is 0 Å². The van der Waals surface area contributed by atoms with E-state index in [4.69, 9.17) is 24.7 Å². The maximum Gasteiger partial charge on any atom is 0.502 e. The molecule has 0 amide bonds. The van der Waals surface area contributed by atoms with E-state index in [0.29, 0.717) is 32.9 Å². The zero-order valence-corrected chi connectivity index (χ0v) is 14.6. The van der Waals surface area contributed by atoms with Gasteiger partial charge in [0.05, 0.1) is 0 Å². The van der Waals surface area contributed by atoms with Gasteiger partial charge in [-0.3, -0.25) is 4.90 Å². The maximum absolute atomic E-state index is 5.89. The van der Waals surface area contributed by atoms with Gasteiger partial charge in [0, 0.05) is 58.1 Å². The summed E-state index contributed by atoms with van der Waals surface area (Å²) in [4.78, 5) is 2.28. The third-order valence-electron chi connectivity index (χ3n) is 3.09. The van der Waals surface area contributed by atoms with E-state index in [1.165, 1.54) is 0 Å². The summed E-state index contributed by atoms with van der Waals surface area (Å²) in [5.41, 5.74) is 11.3. The molecule has 0 aromatic rings. The Balaban J connectivity index is 4.80. The van der Waals surface area contributed by atoms with Crippen LogP contribution in [0.5, 0.6) is 0 Å². The minimum Gasteiger partial charge on any atom is -0.374 e. The van der Waals surface area contributed by atoms with Crippen LogP contribution in [0.3, 0.4) is 0 Å². The highest BCUT2D eigenvalue weighted by atomic mass is 28.4. The topological polar surface area (TPSA) is 83.0 Å². The lowest BCUT2D eigenvalue weighted by Gasteiger charge is -2.35.